The van der Waals surface area contributed by atoms with Crippen LogP contribution in [0.5, 0.6) is 23.0 Å². The molecule has 7 aromatic carbocycles. The van der Waals surface area contributed by atoms with E-state index in [-0.39, 0.29) is 0 Å². The van der Waals surface area contributed by atoms with Gasteiger partial charge in [-0.15, -0.1) is 0 Å². The normalized spacial score (nSPS) is 13.1. The Labute approximate surface area is 237 Å². The molecule has 0 amide bonds. The van der Waals surface area contributed by atoms with E-state index in [1.165, 1.54) is 0 Å². The van der Waals surface area contributed by atoms with E-state index in [4.69, 9.17) is 18.3 Å². The molecule has 0 unspecified atom stereocenters. The average molecular weight is 539 g/mol. The fourth-order valence-electron chi connectivity index (χ4n) is 7.28. The minimum absolute atomic E-state index is 0.826. The van der Waals surface area contributed by atoms with Gasteiger partial charge in [-0.05, 0) is 59.3 Å². The summed E-state index contributed by atoms with van der Waals surface area (Å²) in [7, 11) is 0. The number of benzene rings is 7. The molecule has 4 nitrogen and oxygen atoms in total. The zero-order valence-corrected chi connectivity index (χ0v) is 22.0. The smallest absolute Gasteiger partial charge is 0.136 e. The Morgan fingerprint density at radius 3 is 1.24 bits per heavy atom. The zero-order valence-electron chi connectivity index (χ0n) is 22.0. The lowest BCUT2D eigenvalue weighted by molar-refractivity contribution is 0.476. The van der Waals surface area contributed by atoms with Crippen molar-refractivity contribution in [3.05, 3.63) is 109 Å². The summed E-state index contributed by atoms with van der Waals surface area (Å²) < 4.78 is 26.0. The largest absolute Gasteiger partial charge is 0.456 e. The van der Waals surface area contributed by atoms with Gasteiger partial charge in [-0.25, -0.2) is 0 Å². The Morgan fingerprint density at radius 1 is 0.333 bits per heavy atom. The molecular formula is C38H18O4. The monoisotopic (exact) mass is 538 g/mol. The first-order valence-corrected chi connectivity index (χ1v) is 14.1. The third-order valence-corrected chi connectivity index (χ3v) is 9.03. The molecule has 2 aliphatic rings. The Bertz CT molecular complexity index is 2500. The van der Waals surface area contributed by atoms with Crippen molar-refractivity contribution in [2.24, 2.45) is 0 Å². The van der Waals surface area contributed by atoms with E-state index in [9.17, 15) is 0 Å². The van der Waals surface area contributed by atoms with Crippen LogP contribution in [0.1, 0.15) is 0 Å². The molecule has 0 atom stereocenters. The SMILES string of the molecule is c1ccc2c(c1)oc1cc3c(cc12)Oc1ccc2c4c(c5ccccc5c-3c14)-c1cc3oc4ccccc4c3cc1O2. The van der Waals surface area contributed by atoms with Gasteiger partial charge in [0.1, 0.15) is 45.3 Å². The molecule has 4 heteroatoms. The van der Waals surface area contributed by atoms with Crippen LogP contribution < -0.4 is 9.47 Å². The van der Waals surface area contributed by atoms with Crippen LogP contribution in [-0.2, 0) is 0 Å². The van der Waals surface area contributed by atoms with E-state index in [0.29, 0.717) is 0 Å². The fourth-order valence-corrected chi connectivity index (χ4v) is 7.28. The quantitative estimate of drug-likeness (QED) is 0.180. The van der Waals surface area contributed by atoms with Gasteiger partial charge in [0.25, 0.3) is 0 Å². The van der Waals surface area contributed by atoms with Gasteiger partial charge < -0.3 is 18.3 Å². The van der Waals surface area contributed by atoms with Crippen LogP contribution in [-0.4, -0.2) is 0 Å². The lowest BCUT2D eigenvalue weighted by atomic mass is 9.82. The van der Waals surface area contributed by atoms with Crippen molar-refractivity contribution >= 4 is 65.4 Å². The van der Waals surface area contributed by atoms with Gasteiger partial charge >= 0.3 is 0 Å². The molecule has 2 aromatic heterocycles. The summed E-state index contributed by atoms with van der Waals surface area (Å²) in [5.74, 6) is 3.31. The third kappa shape index (κ3) is 2.45. The Balaban J connectivity index is 1.29. The van der Waals surface area contributed by atoms with E-state index in [0.717, 1.165) is 111 Å². The molecule has 9 aromatic rings. The molecule has 0 N–H and O–H groups in total. The van der Waals surface area contributed by atoms with Crippen LogP contribution in [0.25, 0.3) is 87.7 Å². The van der Waals surface area contributed by atoms with Crippen molar-refractivity contribution in [3.63, 3.8) is 0 Å². The first kappa shape index (κ1) is 21.1. The molecule has 42 heavy (non-hydrogen) atoms. The van der Waals surface area contributed by atoms with Crippen molar-refractivity contribution in [3.8, 4) is 45.3 Å². The second kappa shape index (κ2) is 7.12. The highest BCUT2D eigenvalue weighted by Gasteiger charge is 2.32. The molecule has 0 bridgehead atoms. The Hall–Kier alpha value is -5.74. The van der Waals surface area contributed by atoms with E-state index >= 15 is 0 Å². The van der Waals surface area contributed by atoms with Crippen LogP contribution in [0.15, 0.2) is 118 Å². The summed E-state index contributed by atoms with van der Waals surface area (Å²) in [5.41, 5.74) is 7.76. The molecule has 0 spiro atoms. The average Bonchev–Trinajstić information content (AvgIpc) is 3.58. The van der Waals surface area contributed by atoms with Gasteiger partial charge in [0.05, 0.1) is 0 Å². The van der Waals surface area contributed by atoms with Crippen LogP contribution in [0, 0.1) is 0 Å². The van der Waals surface area contributed by atoms with Gasteiger partial charge in [0, 0.05) is 54.6 Å². The summed E-state index contributed by atoms with van der Waals surface area (Å²) in [4.78, 5) is 0. The summed E-state index contributed by atoms with van der Waals surface area (Å²) in [5, 5.41) is 8.71. The van der Waals surface area contributed by atoms with Crippen LogP contribution >= 0.6 is 0 Å². The number of hydrogen-bond donors (Lipinski definition) is 0. The van der Waals surface area contributed by atoms with Crippen molar-refractivity contribution < 1.29 is 18.3 Å². The molecule has 0 radical (unpaired) electrons. The highest BCUT2D eigenvalue weighted by atomic mass is 16.5. The van der Waals surface area contributed by atoms with Gasteiger partial charge in [0.2, 0.25) is 0 Å². The van der Waals surface area contributed by atoms with E-state index in [1.54, 1.807) is 0 Å². The Morgan fingerprint density at radius 2 is 0.762 bits per heavy atom. The van der Waals surface area contributed by atoms with Gasteiger partial charge in [-0.1, -0.05) is 60.7 Å². The second-order valence-electron chi connectivity index (χ2n) is 11.2. The van der Waals surface area contributed by atoms with E-state index < -0.39 is 0 Å². The lowest BCUT2D eigenvalue weighted by Crippen LogP contribution is -2.04. The lowest BCUT2D eigenvalue weighted by Gasteiger charge is -2.29. The third-order valence-electron chi connectivity index (χ3n) is 9.03. The minimum atomic E-state index is 0.826. The first-order valence-electron chi connectivity index (χ1n) is 14.1. The van der Waals surface area contributed by atoms with Crippen molar-refractivity contribution in [1.82, 2.24) is 0 Å². The summed E-state index contributed by atoms with van der Waals surface area (Å²) in [6.45, 7) is 0. The maximum Gasteiger partial charge on any atom is 0.136 e. The predicted molar refractivity (Wildman–Crippen MR) is 167 cm³/mol. The zero-order chi connectivity index (χ0) is 27.1. The van der Waals surface area contributed by atoms with Crippen molar-refractivity contribution in [2.75, 3.05) is 0 Å². The maximum atomic E-state index is 6.69. The number of rotatable bonds is 0. The van der Waals surface area contributed by atoms with Crippen LogP contribution in [0.4, 0.5) is 0 Å². The first-order chi connectivity index (χ1) is 20.8. The van der Waals surface area contributed by atoms with Crippen molar-refractivity contribution in [2.45, 2.75) is 0 Å². The molecule has 11 rings (SSSR count). The topological polar surface area (TPSA) is 44.7 Å². The summed E-state index contributed by atoms with van der Waals surface area (Å²) >= 11 is 0. The second-order valence-corrected chi connectivity index (χ2v) is 11.2. The van der Waals surface area contributed by atoms with Gasteiger partial charge in [0.15, 0.2) is 0 Å². The number of fused-ring (bicyclic) bond motifs is 13. The van der Waals surface area contributed by atoms with Crippen LogP contribution in [0.2, 0.25) is 0 Å². The van der Waals surface area contributed by atoms with Crippen LogP contribution in [0.3, 0.4) is 0 Å². The minimum Gasteiger partial charge on any atom is -0.456 e. The molecule has 0 fully saturated rings. The van der Waals surface area contributed by atoms with Gasteiger partial charge in [-0.3, -0.25) is 0 Å². The van der Waals surface area contributed by atoms with Crippen molar-refractivity contribution in [1.29, 1.82) is 0 Å². The molecule has 0 saturated carbocycles. The number of hydrogen-bond acceptors (Lipinski definition) is 4. The molecule has 4 heterocycles. The fraction of sp³-hybridized carbons (Fsp3) is 0. The molecule has 0 saturated heterocycles. The highest BCUT2D eigenvalue weighted by molar-refractivity contribution is 6.28. The van der Waals surface area contributed by atoms with Gasteiger partial charge in [-0.2, -0.15) is 0 Å². The van der Waals surface area contributed by atoms with E-state index in [2.05, 4.69) is 60.7 Å². The molecule has 0 aliphatic carbocycles. The summed E-state index contributed by atoms with van der Waals surface area (Å²) in [6, 6.07) is 37.6. The standard InChI is InChI=1S/C38H18O4/c1-2-10-22-21(9-1)35-25-17-31-23(19-7-3-5-11-27(19)39-31)15-33(25)41-29-13-14-30-38(37(29)35)36(22)26-18-32-24(16-34(26)42-30)20-8-4-6-12-28(20)40-32/h1-18H. The molecular weight excluding hydrogens is 520 g/mol. The number of furan rings is 2. The maximum absolute atomic E-state index is 6.69. The Kier molecular flexibility index (Phi) is 3.57. The molecule has 194 valence electrons. The van der Waals surface area contributed by atoms with E-state index in [1.807, 2.05) is 48.5 Å². The number of para-hydroxylation sites is 2. The summed E-state index contributed by atoms with van der Waals surface area (Å²) in [6.07, 6.45) is 0. The molecule has 2 aliphatic heterocycles. The highest BCUT2D eigenvalue weighted by Crippen LogP contribution is 2.59. The number of ether oxygens (including phenoxy) is 2. The predicted octanol–water partition coefficient (Wildman–Crippen LogP) is 11.3.